The molecule has 2 aromatic rings. The molecule has 2 rings (SSSR count). The van der Waals surface area contributed by atoms with Crippen molar-refractivity contribution in [3.05, 3.63) is 73.7 Å². The fourth-order valence-electron chi connectivity index (χ4n) is 2.17. The van der Waals surface area contributed by atoms with E-state index in [1.54, 1.807) is 12.3 Å². The van der Waals surface area contributed by atoms with Crippen molar-refractivity contribution in [2.45, 2.75) is 19.9 Å². The maximum atomic E-state index is 6.10. The van der Waals surface area contributed by atoms with Crippen molar-refractivity contribution in [3.63, 3.8) is 0 Å². The van der Waals surface area contributed by atoms with Gasteiger partial charge in [0.05, 0.1) is 5.69 Å². The minimum absolute atomic E-state index is 0.0897. The minimum Gasteiger partial charge on any atom is -0.358 e. The molecule has 1 heterocycles. The summed E-state index contributed by atoms with van der Waals surface area (Å²) in [6, 6.07) is 9.71. The van der Waals surface area contributed by atoms with E-state index in [0.29, 0.717) is 17.6 Å². The molecule has 1 unspecified atom stereocenters. The number of aromatic nitrogens is 2. The molecule has 0 bridgehead atoms. The van der Waals surface area contributed by atoms with Crippen LogP contribution >= 0.6 is 0 Å². The molecule has 4 N–H and O–H groups in total. The third kappa shape index (κ3) is 5.02. The molecule has 130 valence electrons. The lowest BCUT2D eigenvalue weighted by molar-refractivity contribution is 0.552. The predicted molar refractivity (Wildman–Crippen MR) is 106 cm³/mol. The molecule has 1 aromatic heterocycles. The highest BCUT2D eigenvalue weighted by molar-refractivity contribution is 5.64. The Kier molecular flexibility index (Phi) is 6.08. The number of anilines is 2. The summed E-state index contributed by atoms with van der Waals surface area (Å²) in [6.07, 6.45) is 3.32. The fourth-order valence-corrected chi connectivity index (χ4v) is 2.17. The van der Waals surface area contributed by atoms with Crippen LogP contribution < -0.4 is 16.4 Å². The molecule has 0 saturated carbocycles. The van der Waals surface area contributed by atoms with Crippen molar-refractivity contribution < 1.29 is 0 Å². The Bertz CT molecular complexity index is 762. The SMILES string of the molecule is C=CC(=C)Nc1nccc(-c2ccc(NC(=C)C(N)C(C)C)cc2)n1. The number of hydrogen-bond donors (Lipinski definition) is 3. The second kappa shape index (κ2) is 8.26. The third-order valence-electron chi connectivity index (χ3n) is 3.78. The van der Waals surface area contributed by atoms with Gasteiger partial charge in [0.15, 0.2) is 0 Å². The Morgan fingerprint density at radius 2 is 1.80 bits per heavy atom. The summed E-state index contributed by atoms with van der Waals surface area (Å²) in [4.78, 5) is 8.66. The zero-order valence-corrected chi connectivity index (χ0v) is 14.8. The van der Waals surface area contributed by atoms with E-state index in [9.17, 15) is 0 Å². The van der Waals surface area contributed by atoms with Crippen LogP contribution in [0.4, 0.5) is 11.6 Å². The van der Waals surface area contributed by atoms with Gasteiger partial charge in [-0.1, -0.05) is 45.7 Å². The number of hydrogen-bond acceptors (Lipinski definition) is 5. The van der Waals surface area contributed by atoms with E-state index >= 15 is 0 Å². The van der Waals surface area contributed by atoms with Crippen LogP contribution in [0.1, 0.15) is 13.8 Å². The first-order valence-electron chi connectivity index (χ1n) is 8.14. The molecule has 0 amide bonds. The van der Waals surface area contributed by atoms with Gasteiger partial charge in [0, 0.05) is 34.9 Å². The molecule has 25 heavy (non-hydrogen) atoms. The Morgan fingerprint density at radius 1 is 1.12 bits per heavy atom. The van der Waals surface area contributed by atoms with E-state index in [2.05, 4.69) is 54.2 Å². The standard InChI is InChI=1S/C20H25N5/c1-6-14(4)23-20-22-12-11-18(25-20)16-7-9-17(10-8-16)24-15(5)19(21)13(2)3/h6-13,19,24H,1,4-5,21H2,2-3H3,(H,22,23,25). The predicted octanol–water partition coefficient (Wildman–Crippen LogP) is 4.16. The molecule has 0 aliphatic heterocycles. The van der Waals surface area contributed by atoms with Crippen LogP contribution in [0.15, 0.2) is 73.7 Å². The lowest BCUT2D eigenvalue weighted by Crippen LogP contribution is -2.31. The number of rotatable bonds is 8. The molecule has 0 spiro atoms. The second-order valence-corrected chi connectivity index (χ2v) is 6.12. The lowest BCUT2D eigenvalue weighted by atomic mass is 10.0. The zero-order chi connectivity index (χ0) is 18.4. The van der Waals surface area contributed by atoms with E-state index in [1.807, 2.05) is 30.3 Å². The van der Waals surface area contributed by atoms with Gasteiger partial charge in [0.25, 0.3) is 0 Å². The smallest absolute Gasteiger partial charge is 0.227 e. The monoisotopic (exact) mass is 335 g/mol. The van der Waals surface area contributed by atoms with E-state index in [-0.39, 0.29) is 6.04 Å². The quantitative estimate of drug-likeness (QED) is 0.631. The molecular formula is C20H25N5. The van der Waals surface area contributed by atoms with E-state index in [4.69, 9.17) is 5.73 Å². The zero-order valence-electron chi connectivity index (χ0n) is 14.8. The highest BCUT2D eigenvalue weighted by atomic mass is 15.1. The Hall–Kier alpha value is -2.92. The molecule has 0 fully saturated rings. The summed E-state index contributed by atoms with van der Waals surface area (Å²) in [5.41, 5.74) is 10.3. The van der Waals surface area contributed by atoms with Crippen molar-refractivity contribution in [3.8, 4) is 11.3 Å². The molecule has 5 nitrogen and oxygen atoms in total. The summed E-state index contributed by atoms with van der Waals surface area (Å²) in [6.45, 7) is 15.6. The van der Waals surface area contributed by atoms with Crippen molar-refractivity contribution >= 4 is 11.6 Å². The molecule has 1 aromatic carbocycles. The van der Waals surface area contributed by atoms with Crippen LogP contribution in [0.3, 0.4) is 0 Å². The maximum absolute atomic E-state index is 6.10. The third-order valence-corrected chi connectivity index (χ3v) is 3.78. The fraction of sp³-hybridized carbons (Fsp3) is 0.200. The van der Waals surface area contributed by atoms with Gasteiger partial charge in [-0.25, -0.2) is 9.97 Å². The van der Waals surface area contributed by atoms with E-state index in [0.717, 1.165) is 22.6 Å². The van der Waals surface area contributed by atoms with Gasteiger partial charge in [-0.05, 0) is 30.2 Å². The number of nitrogens with one attached hydrogen (secondary N) is 2. The van der Waals surface area contributed by atoms with Gasteiger partial charge in [-0.3, -0.25) is 0 Å². The average molecular weight is 335 g/mol. The summed E-state index contributed by atoms with van der Waals surface area (Å²) < 4.78 is 0. The van der Waals surface area contributed by atoms with Crippen LogP contribution in [0.25, 0.3) is 11.3 Å². The van der Waals surface area contributed by atoms with Crippen molar-refractivity contribution in [1.29, 1.82) is 0 Å². The molecule has 5 heteroatoms. The molecule has 0 radical (unpaired) electrons. The van der Waals surface area contributed by atoms with Gasteiger partial charge in [-0.2, -0.15) is 0 Å². The Balaban J connectivity index is 2.12. The van der Waals surface area contributed by atoms with Crippen LogP contribution in [-0.4, -0.2) is 16.0 Å². The van der Waals surface area contributed by atoms with E-state index in [1.165, 1.54) is 0 Å². The van der Waals surface area contributed by atoms with Gasteiger partial charge in [0.2, 0.25) is 5.95 Å². The average Bonchev–Trinajstić information content (AvgIpc) is 2.61. The first-order valence-corrected chi connectivity index (χ1v) is 8.14. The van der Waals surface area contributed by atoms with Gasteiger partial charge in [-0.15, -0.1) is 0 Å². The second-order valence-electron chi connectivity index (χ2n) is 6.12. The largest absolute Gasteiger partial charge is 0.358 e. The summed E-state index contributed by atoms with van der Waals surface area (Å²) in [7, 11) is 0. The molecular weight excluding hydrogens is 310 g/mol. The number of allylic oxidation sites excluding steroid dienone is 1. The van der Waals surface area contributed by atoms with Gasteiger partial charge >= 0.3 is 0 Å². The first-order chi connectivity index (χ1) is 11.9. The first kappa shape index (κ1) is 18.4. The number of nitrogens with two attached hydrogens (primary N) is 1. The topological polar surface area (TPSA) is 75.9 Å². The number of nitrogens with zero attached hydrogens (tertiary/aromatic N) is 2. The summed E-state index contributed by atoms with van der Waals surface area (Å²) in [5.74, 6) is 0.817. The van der Waals surface area contributed by atoms with Gasteiger partial charge in [0.1, 0.15) is 0 Å². The normalized spacial score (nSPS) is 11.7. The van der Waals surface area contributed by atoms with Crippen LogP contribution in [0.2, 0.25) is 0 Å². The van der Waals surface area contributed by atoms with Crippen LogP contribution in [0.5, 0.6) is 0 Å². The molecule has 0 aliphatic carbocycles. The Labute approximate surface area is 149 Å². The van der Waals surface area contributed by atoms with Crippen molar-refractivity contribution in [1.82, 2.24) is 9.97 Å². The Morgan fingerprint density at radius 3 is 2.40 bits per heavy atom. The summed E-state index contributed by atoms with van der Waals surface area (Å²) >= 11 is 0. The molecule has 0 saturated heterocycles. The molecule has 0 aliphatic rings. The van der Waals surface area contributed by atoms with Crippen molar-refractivity contribution in [2.24, 2.45) is 11.7 Å². The molecule has 1 atom stereocenters. The minimum atomic E-state index is -0.0897. The lowest BCUT2D eigenvalue weighted by Gasteiger charge is -2.20. The van der Waals surface area contributed by atoms with Crippen molar-refractivity contribution in [2.75, 3.05) is 10.6 Å². The van der Waals surface area contributed by atoms with Crippen LogP contribution in [-0.2, 0) is 0 Å². The summed E-state index contributed by atoms with van der Waals surface area (Å²) in [5, 5.41) is 6.25. The number of benzene rings is 1. The van der Waals surface area contributed by atoms with Gasteiger partial charge < -0.3 is 16.4 Å². The van der Waals surface area contributed by atoms with Crippen LogP contribution in [0, 0.1) is 5.92 Å². The highest BCUT2D eigenvalue weighted by Crippen LogP contribution is 2.22. The maximum Gasteiger partial charge on any atom is 0.227 e. The highest BCUT2D eigenvalue weighted by Gasteiger charge is 2.11. The van der Waals surface area contributed by atoms with E-state index < -0.39 is 0 Å².